The molecule has 0 aliphatic carbocycles. The molecule has 1 aromatic rings. The quantitative estimate of drug-likeness (QED) is 0.313. The molecule has 22 heavy (non-hydrogen) atoms. The summed E-state index contributed by atoms with van der Waals surface area (Å²) < 4.78 is 28.7. The van der Waals surface area contributed by atoms with Crippen LogP contribution in [0.3, 0.4) is 0 Å². The van der Waals surface area contributed by atoms with Crippen LogP contribution in [0.4, 0.5) is 0 Å². The molecule has 0 aliphatic rings. The molecule has 0 aromatic heterocycles. The summed E-state index contributed by atoms with van der Waals surface area (Å²) in [6, 6.07) is 11.3. The summed E-state index contributed by atoms with van der Waals surface area (Å²) in [5.74, 6) is -3.50. The number of aliphatic carboxylic acids is 2. The maximum Gasteiger partial charge on any atom is 1.00 e. The Bertz CT molecular complexity index is 557. The van der Waals surface area contributed by atoms with Crippen LogP contribution in [0.2, 0.25) is 0 Å². The van der Waals surface area contributed by atoms with Crippen molar-refractivity contribution in [1.29, 1.82) is 0 Å². The van der Waals surface area contributed by atoms with Crippen LogP contribution in [0, 0.1) is 6.07 Å². The monoisotopic (exact) mass is 356 g/mol. The van der Waals surface area contributed by atoms with Crippen LogP contribution in [-0.2, 0) is 26.1 Å². The summed E-state index contributed by atoms with van der Waals surface area (Å²) in [7, 11) is -4.84. The summed E-state index contributed by atoms with van der Waals surface area (Å²) in [6.07, 6.45) is 1.20. The average molecular weight is 356 g/mol. The third kappa shape index (κ3) is 11.3. The van der Waals surface area contributed by atoms with Gasteiger partial charge in [0.2, 0.25) is 0 Å². The molecule has 1 unspecified atom stereocenters. The molecule has 9 heteroatoms. The summed E-state index contributed by atoms with van der Waals surface area (Å²) >= 11 is 0. The number of hydrogen-bond donors (Lipinski definition) is 3. The van der Waals surface area contributed by atoms with E-state index in [4.69, 9.17) is 14.8 Å². The summed E-state index contributed by atoms with van der Waals surface area (Å²) in [5.41, 5.74) is 1.32. The van der Waals surface area contributed by atoms with E-state index in [-0.39, 0.29) is 51.4 Å². The molecule has 0 spiro atoms. The van der Waals surface area contributed by atoms with Gasteiger partial charge < -0.3 is 10.2 Å². The van der Waals surface area contributed by atoms with Crippen molar-refractivity contribution < 1.29 is 84.2 Å². The number of carbonyl (C=O) groups is 2. The van der Waals surface area contributed by atoms with Crippen LogP contribution >= 0.6 is 0 Å². The van der Waals surface area contributed by atoms with E-state index >= 15 is 0 Å². The van der Waals surface area contributed by atoms with Crippen LogP contribution in [0.25, 0.3) is 0 Å². The van der Waals surface area contributed by atoms with E-state index in [0.29, 0.717) is 0 Å². The van der Waals surface area contributed by atoms with Gasteiger partial charge in [0.1, 0.15) is 0 Å². The van der Waals surface area contributed by atoms with E-state index in [2.05, 4.69) is 25.1 Å². The number of carboxylic acids is 2. The van der Waals surface area contributed by atoms with Gasteiger partial charge in [-0.25, -0.2) is 0 Å². The van der Waals surface area contributed by atoms with Crippen molar-refractivity contribution in [2.45, 2.75) is 31.4 Å². The number of benzene rings is 1. The van der Waals surface area contributed by atoms with Gasteiger partial charge in [0.25, 0.3) is 10.1 Å². The van der Waals surface area contributed by atoms with Gasteiger partial charge in [-0.15, -0.1) is 0 Å². The normalized spacial score (nSPS) is 11.4. The van der Waals surface area contributed by atoms with Crippen LogP contribution < -0.4 is 51.4 Å². The Kier molecular flexibility index (Phi) is 13.3. The molecular formula is C13H17KO7S. The van der Waals surface area contributed by atoms with Gasteiger partial charge in [0, 0.05) is 0 Å². The summed E-state index contributed by atoms with van der Waals surface area (Å²) in [4.78, 5) is 20.0. The Hall–Kier alpha value is -0.294. The van der Waals surface area contributed by atoms with Gasteiger partial charge in [-0.05, 0) is 0 Å². The Labute approximate surface area is 171 Å². The first-order valence-corrected chi connectivity index (χ1v) is 7.55. The Morgan fingerprint density at radius 3 is 2.14 bits per heavy atom. The van der Waals surface area contributed by atoms with Crippen LogP contribution in [0.15, 0.2) is 24.3 Å². The number of aryl methyl sites for hydroxylation is 1. The van der Waals surface area contributed by atoms with Crippen LogP contribution in [0.1, 0.15) is 25.3 Å². The minimum absolute atomic E-state index is 0. The fourth-order valence-electron chi connectivity index (χ4n) is 1.33. The Balaban J connectivity index is 0. The van der Waals surface area contributed by atoms with E-state index in [1.807, 2.05) is 12.1 Å². The summed E-state index contributed by atoms with van der Waals surface area (Å²) in [6.45, 7) is 2.18. The molecule has 1 rings (SSSR count). The van der Waals surface area contributed by atoms with Gasteiger partial charge in [-0.2, -0.15) is 44.3 Å². The second kappa shape index (κ2) is 12.2. The fraction of sp³-hybridized carbons (Fsp3) is 0.385. The maximum absolute atomic E-state index is 10.2. The topological polar surface area (TPSA) is 129 Å². The zero-order chi connectivity index (χ0) is 16.5. The van der Waals surface area contributed by atoms with Crippen molar-refractivity contribution in [3.8, 4) is 0 Å². The smallest absolute Gasteiger partial charge is 0.481 e. The first-order valence-electron chi connectivity index (χ1n) is 6.05. The zero-order valence-electron chi connectivity index (χ0n) is 12.4. The average Bonchev–Trinajstić information content (AvgIpc) is 2.36. The number of hydrogen-bond acceptors (Lipinski definition) is 4. The van der Waals surface area contributed by atoms with Crippen LogP contribution in [-0.4, -0.2) is 40.4 Å². The Morgan fingerprint density at radius 1 is 1.27 bits per heavy atom. The zero-order valence-corrected chi connectivity index (χ0v) is 16.3. The second-order valence-corrected chi connectivity index (χ2v) is 5.68. The van der Waals surface area contributed by atoms with Gasteiger partial charge >= 0.3 is 63.3 Å². The molecule has 0 bridgehead atoms. The second-order valence-electron chi connectivity index (χ2n) is 4.08. The standard InChI is InChI=1S/C9H11.C4H6O7S.K/c1-2-6-9-7-4-3-5-8-9;5-3(6)1-2(4(7)8)12(9,10)11;/h3-5,7H,2,6H2,1H3;2H,1H2,(H,5,6)(H,7,8)(H,9,10,11);/q-1;;+1. The Morgan fingerprint density at radius 2 is 1.86 bits per heavy atom. The molecule has 0 fully saturated rings. The van der Waals surface area contributed by atoms with E-state index in [1.165, 1.54) is 12.0 Å². The van der Waals surface area contributed by atoms with Gasteiger partial charge in [-0.1, -0.05) is 19.8 Å². The van der Waals surface area contributed by atoms with Crippen molar-refractivity contribution in [2.24, 2.45) is 0 Å². The molecule has 1 aromatic carbocycles. The minimum Gasteiger partial charge on any atom is -0.481 e. The largest absolute Gasteiger partial charge is 1.00 e. The molecule has 0 amide bonds. The molecule has 118 valence electrons. The third-order valence-electron chi connectivity index (χ3n) is 2.29. The fourth-order valence-corrected chi connectivity index (χ4v) is 1.94. The van der Waals surface area contributed by atoms with Crippen molar-refractivity contribution >= 4 is 22.1 Å². The van der Waals surface area contributed by atoms with Gasteiger partial charge in [0.15, 0.2) is 5.25 Å². The van der Waals surface area contributed by atoms with E-state index < -0.39 is 33.7 Å². The van der Waals surface area contributed by atoms with Gasteiger partial charge in [0.05, 0.1) is 6.42 Å². The molecule has 0 saturated heterocycles. The van der Waals surface area contributed by atoms with E-state index in [1.54, 1.807) is 0 Å². The maximum atomic E-state index is 10.2. The molecule has 3 N–H and O–H groups in total. The minimum atomic E-state index is -4.84. The van der Waals surface area contributed by atoms with E-state index in [0.717, 1.165) is 6.42 Å². The SMILES string of the molecule is CCCc1[c-]cccc1.O=C(O)CC(C(=O)O)S(=O)(=O)O.[K+]. The molecule has 1 atom stereocenters. The third-order valence-corrected chi connectivity index (χ3v) is 3.38. The number of carboxylic acid groups (broad SMARTS) is 2. The van der Waals surface area contributed by atoms with Crippen molar-refractivity contribution in [2.75, 3.05) is 0 Å². The molecule has 0 aliphatic heterocycles. The van der Waals surface area contributed by atoms with Crippen molar-refractivity contribution in [1.82, 2.24) is 0 Å². The molecular weight excluding hydrogens is 339 g/mol. The number of rotatable bonds is 6. The molecule has 0 heterocycles. The van der Waals surface area contributed by atoms with E-state index in [9.17, 15) is 18.0 Å². The predicted octanol–water partition coefficient (Wildman–Crippen LogP) is -1.75. The van der Waals surface area contributed by atoms with Crippen molar-refractivity contribution in [3.05, 3.63) is 35.9 Å². The predicted molar refractivity (Wildman–Crippen MR) is 74.5 cm³/mol. The van der Waals surface area contributed by atoms with Gasteiger partial charge in [-0.3, -0.25) is 14.1 Å². The summed E-state index contributed by atoms with van der Waals surface area (Å²) in [5, 5.41) is 13.9. The van der Waals surface area contributed by atoms with Crippen molar-refractivity contribution in [3.63, 3.8) is 0 Å². The first-order chi connectivity index (χ1) is 9.68. The first kappa shape index (κ1) is 24.0. The van der Waals surface area contributed by atoms with Crippen LogP contribution in [0.5, 0.6) is 0 Å². The molecule has 0 radical (unpaired) electrons. The molecule has 0 saturated carbocycles. The molecule has 7 nitrogen and oxygen atoms in total.